The number of benzene rings is 2. The summed E-state index contributed by atoms with van der Waals surface area (Å²) in [6.45, 7) is 5.28. The average molecular weight is 322 g/mol. The van der Waals surface area contributed by atoms with E-state index in [-0.39, 0.29) is 0 Å². The molecule has 0 aliphatic rings. The Kier molecular flexibility index (Phi) is 6.10. The average Bonchev–Trinajstić information content (AvgIpc) is 2.46. The molecule has 0 aliphatic heterocycles. The lowest BCUT2D eigenvalue weighted by molar-refractivity contribution is 0.527. The second-order valence-corrected chi connectivity index (χ2v) is 6.51. The molecule has 3 heteroatoms. The van der Waals surface area contributed by atoms with Crippen molar-refractivity contribution in [3.63, 3.8) is 0 Å². The number of rotatable bonds is 6. The fourth-order valence-corrected chi connectivity index (χ4v) is 2.58. The van der Waals surface area contributed by atoms with Gasteiger partial charge in [-0.05, 0) is 41.8 Å². The van der Waals surface area contributed by atoms with Crippen molar-refractivity contribution in [2.24, 2.45) is 0 Å². The molecule has 2 aromatic rings. The monoisotopic (exact) mass is 321 g/mol. The zero-order valence-corrected chi connectivity index (χ0v) is 14.0. The first kappa shape index (κ1) is 16.4. The van der Waals surface area contributed by atoms with E-state index in [9.17, 15) is 0 Å². The van der Waals surface area contributed by atoms with Gasteiger partial charge in [0.05, 0.1) is 0 Å². The molecule has 0 amide bonds. The number of halogens is 2. The van der Waals surface area contributed by atoms with Gasteiger partial charge in [0.2, 0.25) is 0 Å². The quantitative estimate of drug-likeness (QED) is 0.759. The Labute approximate surface area is 137 Å². The van der Waals surface area contributed by atoms with Crippen LogP contribution in [-0.4, -0.2) is 12.6 Å². The van der Waals surface area contributed by atoms with Crippen molar-refractivity contribution in [1.29, 1.82) is 0 Å². The lowest BCUT2D eigenvalue weighted by atomic mass is 9.91. The van der Waals surface area contributed by atoms with Gasteiger partial charge in [0.25, 0.3) is 0 Å². The molecule has 0 fully saturated rings. The predicted octanol–water partition coefficient (Wildman–Crippen LogP) is 5.32. The summed E-state index contributed by atoms with van der Waals surface area (Å²) in [7, 11) is 0. The normalized spacial score (nSPS) is 12.6. The number of nitrogens with one attached hydrogen (secondary N) is 1. The van der Waals surface area contributed by atoms with Gasteiger partial charge in [-0.15, -0.1) is 0 Å². The zero-order chi connectivity index (χ0) is 15.2. The van der Waals surface area contributed by atoms with Crippen LogP contribution in [0.15, 0.2) is 48.5 Å². The van der Waals surface area contributed by atoms with Gasteiger partial charge in [0.15, 0.2) is 0 Å². The molecule has 0 radical (unpaired) electrons. The molecule has 0 aliphatic carbocycles. The SMILES string of the molecule is CC(C)NCC(Cc1ccc(Cl)cc1)c1ccc(Cl)cc1. The molecule has 0 saturated heterocycles. The summed E-state index contributed by atoms with van der Waals surface area (Å²) in [6, 6.07) is 16.7. The van der Waals surface area contributed by atoms with Gasteiger partial charge in [-0.1, -0.05) is 61.3 Å². The predicted molar refractivity (Wildman–Crippen MR) is 92.5 cm³/mol. The summed E-state index contributed by atoms with van der Waals surface area (Å²) in [4.78, 5) is 0. The zero-order valence-electron chi connectivity index (χ0n) is 12.4. The molecule has 2 aromatic carbocycles. The summed E-state index contributed by atoms with van der Waals surface area (Å²) in [6.07, 6.45) is 0.985. The van der Waals surface area contributed by atoms with Crippen LogP contribution in [0.25, 0.3) is 0 Å². The van der Waals surface area contributed by atoms with E-state index < -0.39 is 0 Å². The Morgan fingerprint density at radius 2 is 1.38 bits per heavy atom. The van der Waals surface area contributed by atoms with E-state index in [1.807, 2.05) is 24.3 Å². The van der Waals surface area contributed by atoms with Crippen LogP contribution >= 0.6 is 23.2 Å². The molecule has 1 atom stereocenters. The van der Waals surface area contributed by atoms with E-state index in [0.29, 0.717) is 12.0 Å². The molecule has 0 spiro atoms. The van der Waals surface area contributed by atoms with E-state index in [2.05, 4.69) is 43.4 Å². The first-order chi connectivity index (χ1) is 10.0. The van der Waals surface area contributed by atoms with Crippen LogP contribution in [0.3, 0.4) is 0 Å². The molecule has 1 N–H and O–H groups in total. The van der Waals surface area contributed by atoms with E-state index in [1.165, 1.54) is 11.1 Å². The van der Waals surface area contributed by atoms with Gasteiger partial charge in [-0.25, -0.2) is 0 Å². The Balaban J connectivity index is 2.14. The molecule has 1 nitrogen and oxygen atoms in total. The molecule has 0 saturated carbocycles. The molecule has 0 heterocycles. The molecular weight excluding hydrogens is 301 g/mol. The first-order valence-electron chi connectivity index (χ1n) is 7.28. The van der Waals surface area contributed by atoms with Crippen molar-refractivity contribution in [2.45, 2.75) is 32.2 Å². The van der Waals surface area contributed by atoms with Crippen molar-refractivity contribution < 1.29 is 0 Å². The van der Waals surface area contributed by atoms with E-state index in [4.69, 9.17) is 23.2 Å². The maximum atomic E-state index is 5.99. The summed E-state index contributed by atoms with van der Waals surface area (Å²) in [5.74, 6) is 0.422. The third kappa shape index (κ3) is 5.35. The van der Waals surface area contributed by atoms with Crippen molar-refractivity contribution in [3.05, 3.63) is 69.7 Å². The summed E-state index contributed by atoms with van der Waals surface area (Å²) in [5, 5.41) is 5.09. The number of hydrogen-bond acceptors (Lipinski definition) is 1. The molecular formula is C18H21Cl2N. The summed E-state index contributed by atoms with van der Waals surface area (Å²) in [5.41, 5.74) is 2.60. The minimum atomic E-state index is 0.422. The largest absolute Gasteiger partial charge is 0.314 e. The van der Waals surface area contributed by atoms with Crippen LogP contribution in [0.4, 0.5) is 0 Å². The molecule has 2 rings (SSSR count). The van der Waals surface area contributed by atoms with Crippen LogP contribution in [0.2, 0.25) is 10.0 Å². The van der Waals surface area contributed by atoms with E-state index in [1.54, 1.807) is 0 Å². The topological polar surface area (TPSA) is 12.0 Å². The lowest BCUT2D eigenvalue weighted by Gasteiger charge is -2.20. The summed E-state index contributed by atoms with van der Waals surface area (Å²) < 4.78 is 0. The highest BCUT2D eigenvalue weighted by Gasteiger charge is 2.13. The fraction of sp³-hybridized carbons (Fsp3) is 0.333. The molecule has 1 unspecified atom stereocenters. The minimum Gasteiger partial charge on any atom is -0.314 e. The van der Waals surface area contributed by atoms with Crippen LogP contribution in [0.1, 0.15) is 30.9 Å². The number of hydrogen-bond donors (Lipinski definition) is 1. The van der Waals surface area contributed by atoms with E-state index in [0.717, 1.165) is 23.0 Å². The third-order valence-corrected chi connectivity index (χ3v) is 4.01. The summed E-state index contributed by atoms with van der Waals surface area (Å²) >= 11 is 11.9. The Bertz CT molecular complexity index is 546. The molecule has 112 valence electrons. The maximum absolute atomic E-state index is 5.99. The standard InChI is InChI=1S/C18H21Cl2N/c1-13(2)21-12-16(15-5-9-18(20)10-6-15)11-14-3-7-17(19)8-4-14/h3-10,13,16,21H,11-12H2,1-2H3. The maximum Gasteiger partial charge on any atom is 0.0406 e. The van der Waals surface area contributed by atoms with Gasteiger partial charge in [0, 0.05) is 28.5 Å². The Morgan fingerprint density at radius 3 is 1.90 bits per heavy atom. The fourth-order valence-electron chi connectivity index (χ4n) is 2.33. The van der Waals surface area contributed by atoms with Gasteiger partial charge < -0.3 is 5.32 Å². The Morgan fingerprint density at radius 1 is 0.857 bits per heavy atom. The molecule has 0 aromatic heterocycles. The highest BCUT2D eigenvalue weighted by molar-refractivity contribution is 6.30. The smallest absolute Gasteiger partial charge is 0.0406 e. The van der Waals surface area contributed by atoms with Gasteiger partial charge in [0.1, 0.15) is 0 Å². The minimum absolute atomic E-state index is 0.422. The van der Waals surface area contributed by atoms with Crippen molar-refractivity contribution in [1.82, 2.24) is 5.32 Å². The molecule has 21 heavy (non-hydrogen) atoms. The lowest BCUT2D eigenvalue weighted by Crippen LogP contribution is -2.28. The van der Waals surface area contributed by atoms with Gasteiger partial charge in [-0.3, -0.25) is 0 Å². The van der Waals surface area contributed by atoms with Crippen molar-refractivity contribution >= 4 is 23.2 Å². The second kappa shape index (κ2) is 7.84. The van der Waals surface area contributed by atoms with Crippen molar-refractivity contribution in [2.75, 3.05) is 6.54 Å². The highest BCUT2D eigenvalue weighted by atomic mass is 35.5. The van der Waals surface area contributed by atoms with Crippen LogP contribution < -0.4 is 5.32 Å². The van der Waals surface area contributed by atoms with Gasteiger partial charge >= 0.3 is 0 Å². The second-order valence-electron chi connectivity index (χ2n) is 5.64. The molecule has 0 bridgehead atoms. The Hall–Kier alpha value is -1.02. The third-order valence-electron chi connectivity index (χ3n) is 3.51. The van der Waals surface area contributed by atoms with Crippen LogP contribution in [-0.2, 0) is 6.42 Å². The van der Waals surface area contributed by atoms with Crippen LogP contribution in [0.5, 0.6) is 0 Å². The van der Waals surface area contributed by atoms with E-state index >= 15 is 0 Å². The van der Waals surface area contributed by atoms with Crippen LogP contribution in [0, 0.1) is 0 Å². The first-order valence-corrected chi connectivity index (χ1v) is 8.03. The highest BCUT2D eigenvalue weighted by Crippen LogP contribution is 2.23. The van der Waals surface area contributed by atoms with Crippen molar-refractivity contribution in [3.8, 4) is 0 Å². The van der Waals surface area contributed by atoms with Gasteiger partial charge in [-0.2, -0.15) is 0 Å².